The normalized spacial score (nSPS) is 33.8. The fourth-order valence-electron chi connectivity index (χ4n) is 2.38. The van der Waals surface area contributed by atoms with Gasteiger partial charge in [-0.15, -0.1) is 0 Å². The summed E-state index contributed by atoms with van der Waals surface area (Å²) in [5.74, 6) is 0.601. The number of nitrogens with zero attached hydrogens (tertiary/aromatic N) is 3. The minimum absolute atomic E-state index is 0.230. The molecule has 3 rings (SSSR count). The van der Waals surface area contributed by atoms with E-state index in [1.165, 1.54) is 6.34 Å². The third kappa shape index (κ3) is 2.12. The molecule has 0 aliphatic carbocycles. The van der Waals surface area contributed by atoms with Crippen LogP contribution in [-0.4, -0.2) is 56.6 Å². The van der Waals surface area contributed by atoms with Gasteiger partial charge in [0.25, 0.3) is 0 Å². The van der Waals surface area contributed by atoms with Crippen molar-refractivity contribution >= 4 is 12.2 Å². The van der Waals surface area contributed by atoms with E-state index >= 15 is 0 Å². The van der Waals surface area contributed by atoms with Crippen LogP contribution in [0, 0.1) is 0 Å². The molecular weight excluding hydrogens is 252 g/mol. The molecule has 4 N–H and O–H groups in total. The van der Waals surface area contributed by atoms with Crippen LogP contribution >= 0.6 is 0 Å². The summed E-state index contributed by atoms with van der Waals surface area (Å²) < 4.78 is 7.27. The maximum Gasteiger partial charge on any atom is 0.139 e. The van der Waals surface area contributed by atoms with Crippen LogP contribution in [-0.2, 0) is 4.74 Å². The van der Waals surface area contributed by atoms with Crippen molar-refractivity contribution in [2.45, 2.75) is 31.0 Å². The standard InChI is InChI=1S/C11H16N4O4/c16-3-8-6(17)1-9(19-8)15-5-14-10-7(18)2-12-4-13-11(10)15/h4-9,16-18H,1-3H2,(H,12,13)/t6-,7-,8-,9+/m0/s1. The number of fused-ring (bicyclic) bond motifs is 1. The number of rotatable bonds is 2. The molecule has 104 valence electrons. The molecule has 2 aliphatic rings. The molecule has 0 unspecified atom stereocenters. The molecule has 1 aromatic rings. The van der Waals surface area contributed by atoms with Gasteiger partial charge in [0.05, 0.1) is 31.9 Å². The lowest BCUT2D eigenvalue weighted by atomic mass is 10.2. The molecule has 0 radical (unpaired) electrons. The van der Waals surface area contributed by atoms with E-state index in [2.05, 4.69) is 15.3 Å². The van der Waals surface area contributed by atoms with E-state index in [1.807, 2.05) is 0 Å². The summed E-state index contributed by atoms with van der Waals surface area (Å²) in [6.07, 6.45) is 0.935. The van der Waals surface area contributed by atoms with Crippen LogP contribution in [0.3, 0.4) is 0 Å². The lowest BCUT2D eigenvalue weighted by Gasteiger charge is -2.16. The van der Waals surface area contributed by atoms with Gasteiger partial charge < -0.3 is 25.4 Å². The average Bonchev–Trinajstić information content (AvgIpc) is 2.93. The molecule has 1 saturated heterocycles. The zero-order valence-electron chi connectivity index (χ0n) is 10.2. The number of aliphatic hydroxyl groups excluding tert-OH is 3. The van der Waals surface area contributed by atoms with Crippen LogP contribution in [0.4, 0.5) is 5.82 Å². The van der Waals surface area contributed by atoms with E-state index in [4.69, 9.17) is 9.84 Å². The predicted molar refractivity (Wildman–Crippen MR) is 65.8 cm³/mol. The van der Waals surface area contributed by atoms with E-state index in [9.17, 15) is 10.2 Å². The second kappa shape index (κ2) is 4.89. The number of imidazole rings is 1. The lowest BCUT2D eigenvalue weighted by molar-refractivity contribution is -0.0437. The van der Waals surface area contributed by atoms with Gasteiger partial charge in [-0.3, -0.25) is 9.56 Å². The van der Waals surface area contributed by atoms with Crippen molar-refractivity contribution < 1.29 is 20.1 Å². The number of aliphatic hydroxyl groups is 3. The molecule has 0 spiro atoms. The number of nitrogens with one attached hydrogen (secondary N) is 1. The van der Waals surface area contributed by atoms with Gasteiger partial charge in [0.1, 0.15) is 29.9 Å². The third-order valence-corrected chi connectivity index (χ3v) is 3.40. The Hall–Kier alpha value is -1.48. The Bertz CT molecular complexity index is 489. The van der Waals surface area contributed by atoms with Gasteiger partial charge >= 0.3 is 0 Å². The zero-order chi connectivity index (χ0) is 13.4. The highest BCUT2D eigenvalue weighted by molar-refractivity contribution is 5.76. The first-order chi connectivity index (χ1) is 9.20. The Morgan fingerprint density at radius 1 is 1.47 bits per heavy atom. The maximum absolute atomic E-state index is 9.89. The number of aliphatic imine (C=N–C) groups is 1. The second-order valence-corrected chi connectivity index (χ2v) is 4.65. The van der Waals surface area contributed by atoms with Crippen LogP contribution in [0.1, 0.15) is 24.4 Å². The van der Waals surface area contributed by atoms with Gasteiger partial charge in [-0.1, -0.05) is 0 Å². The first-order valence-electron chi connectivity index (χ1n) is 6.14. The van der Waals surface area contributed by atoms with Crippen LogP contribution in [0.25, 0.3) is 0 Å². The van der Waals surface area contributed by atoms with Gasteiger partial charge in [-0.05, 0) is 0 Å². The molecule has 1 fully saturated rings. The van der Waals surface area contributed by atoms with Gasteiger partial charge in [0, 0.05) is 6.42 Å². The molecule has 1 aromatic heterocycles. The van der Waals surface area contributed by atoms with Gasteiger partial charge in [0.2, 0.25) is 0 Å². The smallest absolute Gasteiger partial charge is 0.139 e. The Balaban J connectivity index is 1.89. The molecule has 0 saturated carbocycles. The molecule has 3 heterocycles. The molecule has 0 aromatic carbocycles. The monoisotopic (exact) mass is 268 g/mol. The molecule has 0 bridgehead atoms. The Morgan fingerprint density at radius 2 is 2.32 bits per heavy atom. The molecular formula is C11H16N4O4. The number of hydrogen-bond donors (Lipinski definition) is 4. The predicted octanol–water partition coefficient (Wildman–Crippen LogP) is -0.989. The summed E-state index contributed by atoms with van der Waals surface area (Å²) in [5.41, 5.74) is 0.503. The first-order valence-corrected chi connectivity index (χ1v) is 6.14. The minimum Gasteiger partial charge on any atom is -0.394 e. The van der Waals surface area contributed by atoms with E-state index in [-0.39, 0.29) is 13.2 Å². The lowest BCUT2D eigenvalue weighted by Crippen LogP contribution is -2.24. The molecule has 8 heteroatoms. The van der Waals surface area contributed by atoms with Crippen LogP contribution in [0.2, 0.25) is 0 Å². The van der Waals surface area contributed by atoms with E-state index in [1.54, 1.807) is 10.9 Å². The van der Waals surface area contributed by atoms with Crippen molar-refractivity contribution in [1.82, 2.24) is 9.55 Å². The molecule has 0 amide bonds. The summed E-state index contributed by atoms with van der Waals surface area (Å²) in [4.78, 5) is 8.15. The quantitative estimate of drug-likeness (QED) is 0.548. The Kier molecular flexibility index (Phi) is 3.23. The SMILES string of the molecule is OC[C@@H]1O[C@@H](n2cnc3c2NC=NC[C@@H]3O)C[C@@H]1O. The zero-order valence-corrected chi connectivity index (χ0v) is 10.2. The highest BCUT2D eigenvalue weighted by atomic mass is 16.5. The Labute approximate surface area is 109 Å². The van der Waals surface area contributed by atoms with Crippen molar-refractivity contribution in [2.24, 2.45) is 4.99 Å². The van der Waals surface area contributed by atoms with Crippen LogP contribution in [0.5, 0.6) is 0 Å². The number of hydrogen-bond acceptors (Lipinski definition) is 7. The molecule has 4 atom stereocenters. The second-order valence-electron chi connectivity index (χ2n) is 4.65. The topological polar surface area (TPSA) is 112 Å². The molecule has 8 nitrogen and oxygen atoms in total. The van der Waals surface area contributed by atoms with Crippen molar-refractivity contribution in [3.63, 3.8) is 0 Å². The Morgan fingerprint density at radius 3 is 3.05 bits per heavy atom. The molecule has 2 aliphatic heterocycles. The van der Waals surface area contributed by atoms with Crippen molar-refractivity contribution in [2.75, 3.05) is 18.5 Å². The average molecular weight is 268 g/mol. The number of anilines is 1. The van der Waals surface area contributed by atoms with Gasteiger partial charge in [-0.2, -0.15) is 0 Å². The van der Waals surface area contributed by atoms with Crippen molar-refractivity contribution in [3.05, 3.63) is 12.0 Å². The van der Waals surface area contributed by atoms with Gasteiger partial charge in [0.15, 0.2) is 0 Å². The van der Waals surface area contributed by atoms with Gasteiger partial charge in [-0.25, -0.2) is 4.98 Å². The fourth-order valence-corrected chi connectivity index (χ4v) is 2.38. The van der Waals surface area contributed by atoms with E-state index in [0.29, 0.717) is 17.9 Å². The third-order valence-electron chi connectivity index (χ3n) is 3.40. The van der Waals surface area contributed by atoms with Crippen LogP contribution < -0.4 is 5.32 Å². The van der Waals surface area contributed by atoms with Crippen molar-refractivity contribution in [1.29, 1.82) is 0 Å². The van der Waals surface area contributed by atoms with E-state index in [0.717, 1.165) is 0 Å². The minimum atomic E-state index is -0.762. The number of aromatic nitrogens is 2. The summed E-state index contributed by atoms with van der Waals surface area (Å²) >= 11 is 0. The summed E-state index contributed by atoms with van der Waals surface area (Å²) in [7, 11) is 0. The van der Waals surface area contributed by atoms with Crippen LogP contribution in [0.15, 0.2) is 11.3 Å². The largest absolute Gasteiger partial charge is 0.394 e. The highest BCUT2D eigenvalue weighted by Crippen LogP contribution is 2.34. The summed E-state index contributed by atoms with van der Waals surface area (Å²) in [5, 5.41) is 31.7. The number of ether oxygens (including phenoxy) is 1. The fraction of sp³-hybridized carbons (Fsp3) is 0.636. The molecule has 19 heavy (non-hydrogen) atoms. The maximum atomic E-state index is 9.89. The summed E-state index contributed by atoms with van der Waals surface area (Å²) in [6.45, 7) is 0.0243. The highest BCUT2D eigenvalue weighted by Gasteiger charge is 2.36. The van der Waals surface area contributed by atoms with Crippen molar-refractivity contribution in [3.8, 4) is 0 Å². The van der Waals surface area contributed by atoms with E-state index < -0.39 is 24.5 Å². The first kappa shape index (κ1) is 12.5. The summed E-state index contributed by atoms with van der Waals surface area (Å²) in [6, 6.07) is 0.